The van der Waals surface area contributed by atoms with Crippen molar-refractivity contribution in [3.63, 3.8) is 0 Å². The Morgan fingerprint density at radius 1 is 1.31 bits per heavy atom. The molecule has 0 atom stereocenters. The minimum absolute atomic E-state index is 0.610. The van der Waals surface area contributed by atoms with Crippen molar-refractivity contribution in [1.29, 1.82) is 0 Å². The van der Waals surface area contributed by atoms with E-state index >= 15 is 0 Å². The zero-order chi connectivity index (χ0) is 11.1. The first-order valence-corrected chi connectivity index (χ1v) is 6.81. The number of halogens is 1. The van der Waals surface area contributed by atoms with Crippen molar-refractivity contribution in [2.75, 3.05) is 5.32 Å². The van der Waals surface area contributed by atoms with Crippen LogP contribution in [-0.4, -0.2) is 16.0 Å². The van der Waals surface area contributed by atoms with Crippen LogP contribution < -0.4 is 5.32 Å². The van der Waals surface area contributed by atoms with Gasteiger partial charge in [0.15, 0.2) is 0 Å². The number of nitrogens with one attached hydrogen (secondary N) is 1. The molecule has 3 nitrogen and oxygen atoms in total. The maximum atomic E-state index is 4.59. The summed E-state index contributed by atoms with van der Waals surface area (Å²) in [5, 5.41) is 3.49. The Labute approximate surface area is 104 Å². The fraction of sp³-hybridized carbons (Fsp3) is 0.667. The van der Waals surface area contributed by atoms with Gasteiger partial charge in [0.1, 0.15) is 16.2 Å². The molecule has 0 unspecified atom stereocenters. The maximum Gasteiger partial charge on any atom is 0.135 e. The van der Waals surface area contributed by atoms with E-state index in [-0.39, 0.29) is 0 Å². The van der Waals surface area contributed by atoms with E-state index in [0.29, 0.717) is 12.0 Å². The smallest absolute Gasteiger partial charge is 0.135 e. The first kappa shape index (κ1) is 10.5. The van der Waals surface area contributed by atoms with Gasteiger partial charge in [-0.05, 0) is 47.5 Å². The highest BCUT2D eigenvalue weighted by Gasteiger charge is 2.29. The molecule has 3 rings (SSSR count). The highest BCUT2D eigenvalue weighted by atomic mass is 79.9. The van der Waals surface area contributed by atoms with Crippen LogP contribution in [0, 0.1) is 5.92 Å². The highest BCUT2D eigenvalue weighted by molar-refractivity contribution is 9.10. The molecule has 1 N–H and O–H groups in total. The second kappa shape index (κ2) is 3.99. The Bertz CT molecular complexity index is 397. The van der Waals surface area contributed by atoms with Crippen molar-refractivity contribution in [1.82, 2.24) is 9.97 Å². The third-order valence-corrected chi connectivity index (χ3v) is 3.79. The van der Waals surface area contributed by atoms with E-state index in [1.807, 2.05) is 6.07 Å². The SMILES string of the molecule is CC1CC(Nc2cc(Br)nc(C3CC3)n2)C1. The molecule has 2 aliphatic carbocycles. The number of aromatic nitrogens is 2. The van der Waals surface area contributed by atoms with Crippen LogP contribution in [0.15, 0.2) is 10.7 Å². The van der Waals surface area contributed by atoms with E-state index in [1.165, 1.54) is 25.7 Å². The third-order valence-electron chi connectivity index (χ3n) is 3.38. The molecule has 0 radical (unpaired) electrons. The molecular formula is C12H16BrN3. The number of anilines is 1. The molecule has 0 spiro atoms. The lowest BCUT2D eigenvalue weighted by molar-refractivity contribution is 0.308. The predicted octanol–water partition coefficient (Wildman–Crippen LogP) is 3.33. The topological polar surface area (TPSA) is 37.8 Å². The minimum atomic E-state index is 0.610. The Morgan fingerprint density at radius 2 is 2.06 bits per heavy atom. The van der Waals surface area contributed by atoms with E-state index in [4.69, 9.17) is 0 Å². The number of hydrogen-bond acceptors (Lipinski definition) is 3. The first-order valence-electron chi connectivity index (χ1n) is 6.01. The quantitative estimate of drug-likeness (QED) is 0.864. The molecule has 2 fully saturated rings. The summed E-state index contributed by atoms with van der Waals surface area (Å²) < 4.78 is 0.902. The van der Waals surface area contributed by atoms with Crippen LogP contribution in [-0.2, 0) is 0 Å². The number of hydrogen-bond donors (Lipinski definition) is 1. The van der Waals surface area contributed by atoms with Crippen molar-refractivity contribution < 1.29 is 0 Å². The van der Waals surface area contributed by atoms with Gasteiger partial charge in [-0.3, -0.25) is 0 Å². The van der Waals surface area contributed by atoms with E-state index in [9.17, 15) is 0 Å². The molecule has 0 aliphatic heterocycles. The van der Waals surface area contributed by atoms with Crippen molar-refractivity contribution in [2.45, 2.75) is 44.6 Å². The van der Waals surface area contributed by atoms with Gasteiger partial charge in [0.2, 0.25) is 0 Å². The Balaban J connectivity index is 1.73. The fourth-order valence-electron chi connectivity index (χ4n) is 2.26. The molecule has 16 heavy (non-hydrogen) atoms. The average Bonchev–Trinajstić information content (AvgIpc) is 2.97. The Hall–Kier alpha value is -0.640. The van der Waals surface area contributed by atoms with Crippen LogP contribution in [0.4, 0.5) is 5.82 Å². The van der Waals surface area contributed by atoms with Crippen molar-refractivity contribution in [3.05, 3.63) is 16.5 Å². The van der Waals surface area contributed by atoms with Gasteiger partial charge in [0, 0.05) is 18.0 Å². The largest absolute Gasteiger partial charge is 0.367 e. The lowest BCUT2D eigenvalue weighted by Gasteiger charge is -2.33. The van der Waals surface area contributed by atoms with Crippen molar-refractivity contribution in [2.24, 2.45) is 5.92 Å². The van der Waals surface area contributed by atoms with Gasteiger partial charge < -0.3 is 5.32 Å². The second-order valence-corrected chi connectivity index (χ2v) is 5.94. The second-order valence-electron chi connectivity index (χ2n) is 5.13. The molecule has 0 aromatic carbocycles. The van der Waals surface area contributed by atoms with Gasteiger partial charge in [-0.15, -0.1) is 0 Å². The summed E-state index contributed by atoms with van der Waals surface area (Å²) >= 11 is 3.46. The summed E-state index contributed by atoms with van der Waals surface area (Å²) in [7, 11) is 0. The highest BCUT2D eigenvalue weighted by Crippen LogP contribution is 2.39. The Morgan fingerprint density at radius 3 is 2.69 bits per heavy atom. The molecule has 0 amide bonds. The molecule has 0 saturated heterocycles. The lowest BCUT2D eigenvalue weighted by atomic mass is 9.82. The first-order chi connectivity index (χ1) is 7.70. The van der Waals surface area contributed by atoms with Gasteiger partial charge in [-0.2, -0.15) is 0 Å². The zero-order valence-corrected chi connectivity index (χ0v) is 11.0. The van der Waals surface area contributed by atoms with Gasteiger partial charge in [-0.1, -0.05) is 6.92 Å². The van der Waals surface area contributed by atoms with E-state index in [0.717, 1.165) is 22.2 Å². The van der Waals surface area contributed by atoms with E-state index in [2.05, 4.69) is 38.1 Å². The predicted molar refractivity (Wildman–Crippen MR) is 67.5 cm³/mol. The van der Waals surface area contributed by atoms with Crippen LogP contribution >= 0.6 is 15.9 Å². The summed E-state index contributed by atoms with van der Waals surface area (Å²) in [6.07, 6.45) is 5.02. The van der Waals surface area contributed by atoms with E-state index < -0.39 is 0 Å². The Kier molecular flexibility index (Phi) is 2.62. The van der Waals surface area contributed by atoms with E-state index in [1.54, 1.807) is 0 Å². The van der Waals surface area contributed by atoms with Gasteiger partial charge in [0.05, 0.1) is 0 Å². The number of rotatable bonds is 3. The summed E-state index contributed by atoms with van der Waals surface area (Å²) in [5.74, 6) is 3.47. The number of nitrogens with zero attached hydrogens (tertiary/aromatic N) is 2. The standard InChI is InChI=1S/C12H16BrN3/c1-7-4-9(5-7)14-11-6-10(13)15-12(16-11)8-2-3-8/h6-9H,2-5H2,1H3,(H,14,15,16). The third kappa shape index (κ3) is 2.21. The molecule has 0 bridgehead atoms. The van der Waals surface area contributed by atoms with Crippen LogP contribution in [0.2, 0.25) is 0 Å². The lowest BCUT2D eigenvalue weighted by Crippen LogP contribution is -2.34. The summed E-state index contributed by atoms with van der Waals surface area (Å²) in [5.41, 5.74) is 0. The zero-order valence-electron chi connectivity index (χ0n) is 9.41. The van der Waals surface area contributed by atoms with Gasteiger partial charge in [-0.25, -0.2) is 9.97 Å². The molecule has 1 heterocycles. The normalized spacial score (nSPS) is 28.6. The van der Waals surface area contributed by atoms with Gasteiger partial charge >= 0.3 is 0 Å². The van der Waals surface area contributed by atoms with Crippen LogP contribution in [0.3, 0.4) is 0 Å². The molecule has 1 aromatic rings. The summed E-state index contributed by atoms with van der Waals surface area (Å²) in [6, 6.07) is 2.60. The average molecular weight is 282 g/mol. The molecular weight excluding hydrogens is 266 g/mol. The fourth-order valence-corrected chi connectivity index (χ4v) is 2.66. The van der Waals surface area contributed by atoms with Crippen LogP contribution in [0.5, 0.6) is 0 Å². The van der Waals surface area contributed by atoms with Crippen LogP contribution in [0.1, 0.15) is 44.3 Å². The minimum Gasteiger partial charge on any atom is -0.367 e. The summed E-state index contributed by atoms with van der Waals surface area (Å²) in [6.45, 7) is 2.30. The van der Waals surface area contributed by atoms with Crippen molar-refractivity contribution in [3.8, 4) is 0 Å². The van der Waals surface area contributed by atoms with Crippen molar-refractivity contribution >= 4 is 21.7 Å². The molecule has 4 heteroatoms. The molecule has 2 saturated carbocycles. The molecule has 1 aromatic heterocycles. The molecule has 2 aliphatic rings. The van der Waals surface area contributed by atoms with Gasteiger partial charge in [0.25, 0.3) is 0 Å². The monoisotopic (exact) mass is 281 g/mol. The maximum absolute atomic E-state index is 4.59. The summed E-state index contributed by atoms with van der Waals surface area (Å²) in [4.78, 5) is 9.02. The molecule has 86 valence electrons. The van der Waals surface area contributed by atoms with Crippen LogP contribution in [0.25, 0.3) is 0 Å².